The molecule has 1 N–H and O–H groups in total. The molecule has 82 valence electrons. The number of nitrogens with zero attached hydrogens (tertiary/aromatic N) is 1. The van der Waals surface area contributed by atoms with Crippen LogP contribution < -0.4 is 5.32 Å². The largest absolute Gasteiger partial charge is 0.381 e. The molecule has 0 spiro atoms. The van der Waals surface area contributed by atoms with E-state index in [0.29, 0.717) is 6.04 Å². The van der Waals surface area contributed by atoms with Gasteiger partial charge in [0.25, 0.3) is 0 Å². The van der Waals surface area contributed by atoms with Crippen LogP contribution in [0, 0.1) is 12.8 Å². The van der Waals surface area contributed by atoms with Gasteiger partial charge in [-0.2, -0.15) is 0 Å². The van der Waals surface area contributed by atoms with Gasteiger partial charge in [-0.3, -0.25) is 4.98 Å². The summed E-state index contributed by atoms with van der Waals surface area (Å²) in [5.74, 6) is 0.869. The van der Waals surface area contributed by atoms with E-state index in [4.69, 9.17) is 0 Å². The minimum Gasteiger partial charge on any atom is -0.381 e. The summed E-state index contributed by atoms with van der Waals surface area (Å²) >= 11 is 0. The van der Waals surface area contributed by atoms with E-state index in [1.165, 1.54) is 31.4 Å². The van der Waals surface area contributed by atoms with Crippen molar-refractivity contribution < 1.29 is 0 Å². The normalized spacial score (nSPS) is 26.3. The lowest BCUT2D eigenvalue weighted by molar-refractivity contribution is 0.358. The predicted molar refractivity (Wildman–Crippen MR) is 64.0 cm³/mol. The first kappa shape index (κ1) is 10.5. The maximum absolute atomic E-state index is 4.30. The molecule has 0 aliphatic heterocycles. The first-order valence-corrected chi connectivity index (χ1v) is 5.94. The van der Waals surface area contributed by atoms with Gasteiger partial charge in [0.2, 0.25) is 0 Å². The van der Waals surface area contributed by atoms with Gasteiger partial charge < -0.3 is 5.32 Å². The van der Waals surface area contributed by atoms with E-state index in [-0.39, 0.29) is 0 Å². The zero-order valence-corrected chi connectivity index (χ0v) is 9.66. The van der Waals surface area contributed by atoms with Crippen LogP contribution in [0.25, 0.3) is 0 Å². The molecule has 1 aliphatic carbocycles. The second-order valence-electron chi connectivity index (χ2n) is 4.75. The molecule has 1 aliphatic rings. The molecule has 1 saturated carbocycles. The van der Waals surface area contributed by atoms with Crippen LogP contribution >= 0.6 is 0 Å². The van der Waals surface area contributed by atoms with Gasteiger partial charge in [0, 0.05) is 12.2 Å². The first-order chi connectivity index (χ1) is 7.25. The van der Waals surface area contributed by atoms with E-state index in [9.17, 15) is 0 Å². The van der Waals surface area contributed by atoms with Crippen LogP contribution in [0.15, 0.2) is 18.3 Å². The summed E-state index contributed by atoms with van der Waals surface area (Å²) in [5.41, 5.74) is 2.31. The van der Waals surface area contributed by atoms with Crippen molar-refractivity contribution in [3.05, 3.63) is 24.0 Å². The number of anilines is 1. The Hall–Kier alpha value is -1.05. The van der Waals surface area contributed by atoms with Gasteiger partial charge in [0.1, 0.15) is 0 Å². The summed E-state index contributed by atoms with van der Waals surface area (Å²) in [6, 6.07) is 4.78. The van der Waals surface area contributed by atoms with Crippen molar-refractivity contribution in [2.24, 2.45) is 5.92 Å². The molecule has 0 unspecified atom stereocenters. The van der Waals surface area contributed by atoms with Gasteiger partial charge in [0.15, 0.2) is 0 Å². The van der Waals surface area contributed by atoms with Crippen LogP contribution in [-0.2, 0) is 0 Å². The van der Waals surface area contributed by atoms with Gasteiger partial charge >= 0.3 is 0 Å². The third-order valence-corrected chi connectivity index (χ3v) is 3.30. The molecule has 1 fully saturated rings. The Labute approximate surface area is 92.1 Å². The molecule has 1 heterocycles. The first-order valence-electron chi connectivity index (χ1n) is 5.94. The molecule has 1 aromatic rings. The molecule has 2 nitrogen and oxygen atoms in total. The topological polar surface area (TPSA) is 24.9 Å². The van der Waals surface area contributed by atoms with Crippen molar-refractivity contribution in [1.82, 2.24) is 4.98 Å². The lowest BCUT2D eigenvalue weighted by Crippen LogP contribution is -2.26. The van der Waals surface area contributed by atoms with Crippen LogP contribution in [0.1, 0.15) is 38.3 Å². The summed E-state index contributed by atoms with van der Waals surface area (Å²) in [7, 11) is 0. The smallest absolute Gasteiger partial charge is 0.0603 e. The van der Waals surface area contributed by atoms with Crippen molar-refractivity contribution in [3.63, 3.8) is 0 Å². The molecule has 2 atom stereocenters. The van der Waals surface area contributed by atoms with E-state index < -0.39 is 0 Å². The maximum atomic E-state index is 4.30. The average Bonchev–Trinajstić information content (AvgIpc) is 2.22. The maximum Gasteiger partial charge on any atom is 0.0603 e. The second-order valence-corrected chi connectivity index (χ2v) is 4.75. The Morgan fingerprint density at radius 1 is 1.40 bits per heavy atom. The highest BCUT2D eigenvalue weighted by Crippen LogP contribution is 2.26. The number of pyridine rings is 1. The van der Waals surface area contributed by atoms with Gasteiger partial charge in [-0.25, -0.2) is 0 Å². The number of rotatable bonds is 2. The van der Waals surface area contributed by atoms with Crippen molar-refractivity contribution in [2.45, 2.75) is 45.6 Å². The van der Waals surface area contributed by atoms with E-state index in [0.717, 1.165) is 11.6 Å². The Morgan fingerprint density at radius 2 is 2.27 bits per heavy atom. The Balaban J connectivity index is 1.99. The number of aromatic nitrogens is 1. The van der Waals surface area contributed by atoms with Gasteiger partial charge in [-0.15, -0.1) is 0 Å². The molecule has 0 amide bonds. The highest BCUT2D eigenvalue weighted by Gasteiger charge is 2.18. The fourth-order valence-corrected chi connectivity index (χ4v) is 2.42. The minimum absolute atomic E-state index is 0.650. The summed E-state index contributed by atoms with van der Waals surface area (Å²) in [5, 5.41) is 3.62. The molecular formula is C13H20N2. The summed E-state index contributed by atoms with van der Waals surface area (Å²) in [6.45, 7) is 4.42. The standard InChI is InChI=1S/C13H20N2/c1-10-5-3-6-12(9-10)15-13-7-4-8-14-11(13)2/h4,7-8,10,12,15H,3,5-6,9H2,1-2H3/t10-,12-/m1/s1. The molecule has 15 heavy (non-hydrogen) atoms. The van der Waals surface area contributed by atoms with Crippen molar-refractivity contribution in [2.75, 3.05) is 5.32 Å². The van der Waals surface area contributed by atoms with Crippen molar-refractivity contribution in [1.29, 1.82) is 0 Å². The molecule has 0 radical (unpaired) electrons. The Bertz CT molecular complexity index is 322. The third-order valence-electron chi connectivity index (χ3n) is 3.30. The number of hydrogen-bond acceptors (Lipinski definition) is 2. The highest BCUT2D eigenvalue weighted by atomic mass is 14.9. The molecule has 0 bridgehead atoms. The fourth-order valence-electron chi connectivity index (χ4n) is 2.42. The highest BCUT2D eigenvalue weighted by molar-refractivity contribution is 5.47. The zero-order valence-electron chi connectivity index (χ0n) is 9.66. The lowest BCUT2D eigenvalue weighted by atomic mass is 9.87. The molecule has 2 heteroatoms. The van der Waals surface area contributed by atoms with E-state index in [1.54, 1.807) is 0 Å². The summed E-state index contributed by atoms with van der Waals surface area (Å²) in [6.07, 6.45) is 7.21. The molecule has 0 saturated heterocycles. The molecular weight excluding hydrogens is 184 g/mol. The lowest BCUT2D eigenvalue weighted by Gasteiger charge is -2.28. The van der Waals surface area contributed by atoms with E-state index in [1.807, 2.05) is 12.3 Å². The molecule has 2 rings (SSSR count). The van der Waals surface area contributed by atoms with Crippen LogP contribution in [0.4, 0.5) is 5.69 Å². The number of aryl methyl sites for hydroxylation is 1. The number of nitrogens with one attached hydrogen (secondary N) is 1. The number of hydrogen-bond donors (Lipinski definition) is 1. The van der Waals surface area contributed by atoms with Crippen LogP contribution in [0.2, 0.25) is 0 Å². The van der Waals surface area contributed by atoms with Gasteiger partial charge in [-0.1, -0.05) is 19.8 Å². The Kier molecular flexibility index (Phi) is 3.24. The van der Waals surface area contributed by atoms with Gasteiger partial charge in [-0.05, 0) is 37.8 Å². The quantitative estimate of drug-likeness (QED) is 0.798. The average molecular weight is 204 g/mol. The van der Waals surface area contributed by atoms with Crippen LogP contribution in [-0.4, -0.2) is 11.0 Å². The van der Waals surface area contributed by atoms with Gasteiger partial charge in [0.05, 0.1) is 11.4 Å². The third kappa shape index (κ3) is 2.71. The zero-order chi connectivity index (χ0) is 10.7. The summed E-state index contributed by atoms with van der Waals surface area (Å²) in [4.78, 5) is 4.30. The predicted octanol–water partition coefficient (Wildman–Crippen LogP) is 3.38. The van der Waals surface area contributed by atoms with Crippen LogP contribution in [0.3, 0.4) is 0 Å². The monoisotopic (exact) mass is 204 g/mol. The van der Waals surface area contributed by atoms with E-state index >= 15 is 0 Å². The van der Waals surface area contributed by atoms with Crippen molar-refractivity contribution in [3.8, 4) is 0 Å². The SMILES string of the molecule is Cc1ncccc1N[C@@H]1CCC[C@@H](C)C1. The summed E-state index contributed by atoms with van der Waals surface area (Å²) < 4.78 is 0. The van der Waals surface area contributed by atoms with E-state index in [2.05, 4.69) is 30.2 Å². The Morgan fingerprint density at radius 3 is 3.00 bits per heavy atom. The van der Waals surface area contributed by atoms with Crippen LogP contribution in [0.5, 0.6) is 0 Å². The second kappa shape index (κ2) is 4.65. The molecule has 1 aromatic heterocycles. The minimum atomic E-state index is 0.650. The molecule has 0 aromatic carbocycles. The fraction of sp³-hybridized carbons (Fsp3) is 0.615. The van der Waals surface area contributed by atoms with Crippen molar-refractivity contribution >= 4 is 5.69 Å².